The number of aromatic nitrogens is 1. The summed E-state index contributed by atoms with van der Waals surface area (Å²) in [5.74, 6) is 0.330. The molecular formula is C25H29FN2O2. The van der Waals surface area contributed by atoms with E-state index >= 15 is 0 Å². The fraction of sp³-hybridized carbons (Fsp3) is 0.400. The number of nitrogens with zero attached hydrogens (tertiary/aromatic N) is 1. The van der Waals surface area contributed by atoms with Crippen molar-refractivity contribution in [2.45, 2.75) is 58.4 Å². The normalized spacial score (nSPS) is 18.5. The number of nitrogens with one attached hydrogen (secondary N) is 1. The van der Waals surface area contributed by atoms with Crippen LogP contribution in [0.15, 0.2) is 48.5 Å². The number of pyridine rings is 1. The van der Waals surface area contributed by atoms with Crippen LogP contribution in [0.25, 0.3) is 10.9 Å². The molecule has 158 valence electrons. The molecule has 0 spiro atoms. The van der Waals surface area contributed by atoms with Crippen LogP contribution in [-0.4, -0.2) is 23.2 Å². The van der Waals surface area contributed by atoms with E-state index in [-0.39, 0.29) is 18.0 Å². The highest BCUT2D eigenvalue weighted by Crippen LogP contribution is 2.27. The van der Waals surface area contributed by atoms with Crippen LogP contribution in [0.4, 0.5) is 4.39 Å². The summed E-state index contributed by atoms with van der Waals surface area (Å²) in [5.41, 5.74) is 3.78. The second-order valence-electron chi connectivity index (χ2n) is 8.75. The molecule has 2 heterocycles. The Hall–Kier alpha value is -2.50. The number of hydrogen-bond donors (Lipinski definition) is 1. The van der Waals surface area contributed by atoms with Gasteiger partial charge in [0.05, 0.1) is 11.1 Å². The van der Waals surface area contributed by atoms with E-state index < -0.39 is 0 Å². The molecule has 1 N–H and O–H groups in total. The lowest BCUT2D eigenvalue weighted by molar-refractivity contribution is -0.0630. The molecule has 0 amide bonds. The first-order valence-electron chi connectivity index (χ1n) is 10.5. The van der Waals surface area contributed by atoms with Crippen molar-refractivity contribution < 1.29 is 13.9 Å². The van der Waals surface area contributed by atoms with Gasteiger partial charge < -0.3 is 14.8 Å². The molecule has 0 aliphatic carbocycles. The van der Waals surface area contributed by atoms with Gasteiger partial charge in [0.2, 0.25) is 5.88 Å². The van der Waals surface area contributed by atoms with Crippen molar-refractivity contribution in [2.24, 2.45) is 0 Å². The number of hydrogen-bond acceptors (Lipinski definition) is 4. The van der Waals surface area contributed by atoms with Gasteiger partial charge in [0.1, 0.15) is 12.4 Å². The van der Waals surface area contributed by atoms with Crippen molar-refractivity contribution in [1.82, 2.24) is 10.3 Å². The van der Waals surface area contributed by atoms with Gasteiger partial charge in [-0.3, -0.25) is 0 Å². The van der Waals surface area contributed by atoms with Gasteiger partial charge in [0, 0.05) is 30.1 Å². The molecule has 0 saturated carbocycles. The Balaban J connectivity index is 1.56. The summed E-state index contributed by atoms with van der Waals surface area (Å²) in [6.45, 7) is 8.05. The van der Waals surface area contributed by atoms with E-state index in [1.54, 1.807) is 6.07 Å². The molecule has 1 unspecified atom stereocenters. The van der Waals surface area contributed by atoms with Crippen LogP contribution in [0.5, 0.6) is 5.88 Å². The number of benzene rings is 2. The Morgan fingerprint density at radius 2 is 2.07 bits per heavy atom. The van der Waals surface area contributed by atoms with Crippen molar-refractivity contribution in [3.8, 4) is 5.88 Å². The van der Waals surface area contributed by atoms with Crippen molar-refractivity contribution in [1.29, 1.82) is 0 Å². The van der Waals surface area contributed by atoms with E-state index in [1.807, 2.05) is 18.2 Å². The standard InChI is InChI=1S/C25H29FN2O2/c1-17-7-8-23-19(11-17)13-20(15-27-22-9-10-30-25(2,3)14-22)24(28-23)29-16-18-5-4-6-21(26)12-18/h4-8,11-13,22,27H,9-10,14-16H2,1-3H3. The van der Waals surface area contributed by atoms with E-state index in [2.05, 4.69) is 38.2 Å². The predicted octanol–water partition coefficient (Wildman–Crippen LogP) is 5.31. The van der Waals surface area contributed by atoms with Crippen LogP contribution in [0.1, 0.15) is 43.4 Å². The number of halogens is 1. The van der Waals surface area contributed by atoms with Crippen LogP contribution in [0.2, 0.25) is 0 Å². The van der Waals surface area contributed by atoms with E-state index in [4.69, 9.17) is 14.5 Å². The van der Waals surface area contributed by atoms with Crippen molar-refractivity contribution in [3.63, 3.8) is 0 Å². The largest absolute Gasteiger partial charge is 0.473 e. The van der Waals surface area contributed by atoms with E-state index in [0.29, 0.717) is 18.5 Å². The van der Waals surface area contributed by atoms with Gasteiger partial charge in [0.25, 0.3) is 0 Å². The van der Waals surface area contributed by atoms with Crippen molar-refractivity contribution in [3.05, 3.63) is 71.0 Å². The molecule has 1 saturated heterocycles. The molecule has 0 bridgehead atoms. The topological polar surface area (TPSA) is 43.4 Å². The third-order valence-corrected chi connectivity index (χ3v) is 5.55. The van der Waals surface area contributed by atoms with Crippen LogP contribution in [0.3, 0.4) is 0 Å². The molecular weight excluding hydrogens is 379 g/mol. The Morgan fingerprint density at radius 3 is 2.87 bits per heavy atom. The van der Waals surface area contributed by atoms with Crippen LogP contribution in [-0.2, 0) is 17.9 Å². The second kappa shape index (κ2) is 8.70. The second-order valence-corrected chi connectivity index (χ2v) is 8.75. The third kappa shape index (κ3) is 5.15. The van der Waals surface area contributed by atoms with Crippen molar-refractivity contribution in [2.75, 3.05) is 6.61 Å². The summed E-state index contributed by atoms with van der Waals surface area (Å²) in [5, 5.41) is 4.76. The zero-order valence-electron chi connectivity index (χ0n) is 17.9. The smallest absolute Gasteiger partial charge is 0.218 e. The average molecular weight is 409 g/mol. The van der Waals surface area contributed by atoms with E-state index in [0.717, 1.165) is 41.5 Å². The highest BCUT2D eigenvalue weighted by atomic mass is 19.1. The molecule has 5 heteroatoms. The molecule has 30 heavy (non-hydrogen) atoms. The maximum absolute atomic E-state index is 13.5. The zero-order chi connectivity index (χ0) is 21.1. The molecule has 0 radical (unpaired) electrons. The molecule has 4 nitrogen and oxygen atoms in total. The third-order valence-electron chi connectivity index (χ3n) is 5.55. The Bertz CT molecular complexity index is 1030. The summed E-state index contributed by atoms with van der Waals surface area (Å²) >= 11 is 0. The first kappa shape index (κ1) is 20.8. The molecule has 2 aromatic carbocycles. The number of ether oxygens (including phenoxy) is 2. The van der Waals surface area contributed by atoms with Gasteiger partial charge >= 0.3 is 0 Å². The lowest BCUT2D eigenvalue weighted by Gasteiger charge is -2.36. The Labute approximate surface area is 177 Å². The Morgan fingerprint density at radius 1 is 1.20 bits per heavy atom. The fourth-order valence-corrected chi connectivity index (χ4v) is 4.01. The highest BCUT2D eigenvalue weighted by molar-refractivity contribution is 5.80. The number of fused-ring (bicyclic) bond motifs is 1. The fourth-order valence-electron chi connectivity index (χ4n) is 4.01. The first-order chi connectivity index (χ1) is 14.4. The summed E-state index contributed by atoms with van der Waals surface area (Å²) in [4.78, 5) is 4.77. The zero-order valence-corrected chi connectivity index (χ0v) is 17.9. The molecule has 4 rings (SSSR count). The van der Waals surface area contributed by atoms with E-state index in [1.165, 1.54) is 17.7 Å². The first-order valence-corrected chi connectivity index (χ1v) is 10.5. The number of rotatable bonds is 6. The quantitative estimate of drug-likeness (QED) is 0.600. The molecule has 1 aliphatic heterocycles. The SMILES string of the molecule is Cc1ccc2nc(OCc3cccc(F)c3)c(CNC3CCOC(C)(C)C3)cc2c1. The number of aryl methyl sites for hydroxylation is 1. The van der Waals surface area contributed by atoms with Gasteiger partial charge in [-0.15, -0.1) is 0 Å². The lowest BCUT2D eigenvalue weighted by atomic mass is 9.94. The minimum absolute atomic E-state index is 0.106. The van der Waals surface area contributed by atoms with E-state index in [9.17, 15) is 4.39 Å². The minimum Gasteiger partial charge on any atom is -0.473 e. The summed E-state index contributed by atoms with van der Waals surface area (Å²) < 4.78 is 25.4. The predicted molar refractivity (Wildman–Crippen MR) is 117 cm³/mol. The maximum Gasteiger partial charge on any atom is 0.218 e. The maximum atomic E-state index is 13.5. The van der Waals surface area contributed by atoms with Gasteiger partial charge in [-0.2, -0.15) is 0 Å². The molecule has 1 aromatic heterocycles. The monoisotopic (exact) mass is 408 g/mol. The van der Waals surface area contributed by atoms with Crippen LogP contribution >= 0.6 is 0 Å². The summed E-state index contributed by atoms with van der Waals surface area (Å²) in [7, 11) is 0. The molecule has 3 aromatic rings. The van der Waals surface area contributed by atoms with Gasteiger partial charge in [-0.1, -0.05) is 23.8 Å². The summed E-state index contributed by atoms with van der Waals surface area (Å²) in [6.07, 6.45) is 1.95. The van der Waals surface area contributed by atoms with Gasteiger partial charge in [-0.05, 0) is 69.5 Å². The molecule has 1 aliphatic rings. The lowest BCUT2D eigenvalue weighted by Crippen LogP contribution is -2.43. The summed E-state index contributed by atoms with van der Waals surface area (Å²) in [6, 6.07) is 15.2. The molecule has 1 fully saturated rings. The van der Waals surface area contributed by atoms with Crippen LogP contribution < -0.4 is 10.1 Å². The van der Waals surface area contributed by atoms with Crippen molar-refractivity contribution >= 4 is 10.9 Å². The van der Waals surface area contributed by atoms with Gasteiger partial charge in [-0.25, -0.2) is 9.37 Å². The highest BCUT2D eigenvalue weighted by Gasteiger charge is 2.28. The molecule has 1 atom stereocenters. The Kier molecular flexibility index (Phi) is 6.02. The minimum atomic E-state index is -0.262. The van der Waals surface area contributed by atoms with Gasteiger partial charge in [0.15, 0.2) is 0 Å². The average Bonchev–Trinajstić information content (AvgIpc) is 2.70. The van der Waals surface area contributed by atoms with Crippen LogP contribution in [0, 0.1) is 12.7 Å².